The largest absolute Gasteiger partial charge is 0.307 e. The average Bonchev–Trinajstić information content (AvgIpc) is 2.84. The molecule has 23 heavy (non-hydrogen) atoms. The molecule has 0 N–H and O–H groups in total. The van der Waals surface area contributed by atoms with E-state index in [1.807, 2.05) is 29.2 Å². The van der Waals surface area contributed by atoms with Crippen molar-refractivity contribution in [1.29, 1.82) is 0 Å². The number of nitrogens with zero attached hydrogens (tertiary/aromatic N) is 1. The number of benzene rings is 2. The fraction of sp³-hybridized carbons (Fsp3) is 0.158. The van der Waals surface area contributed by atoms with E-state index in [2.05, 4.69) is 22.0 Å². The van der Waals surface area contributed by atoms with Gasteiger partial charge < -0.3 is 4.90 Å². The third kappa shape index (κ3) is 2.34. The highest BCUT2D eigenvalue weighted by Gasteiger charge is 2.36. The minimum Gasteiger partial charge on any atom is -0.307 e. The van der Waals surface area contributed by atoms with E-state index in [0.29, 0.717) is 11.1 Å². The zero-order valence-electron chi connectivity index (χ0n) is 12.4. The maximum atomic E-state index is 12.7. The molecule has 114 valence electrons. The molecule has 0 saturated carbocycles. The summed E-state index contributed by atoms with van der Waals surface area (Å²) in [7, 11) is 0. The number of carbonyl (C=O) groups excluding carboxylic acids is 2. The zero-order valence-corrected chi connectivity index (χ0v) is 14.0. The van der Waals surface area contributed by atoms with E-state index in [4.69, 9.17) is 0 Å². The van der Waals surface area contributed by atoms with Crippen LogP contribution in [0.15, 0.2) is 53.0 Å². The highest BCUT2D eigenvalue weighted by molar-refractivity contribution is 9.10. The van der Waals surface area contributed by atoms with E-state index in [1.54, 1.807) is 12.1 Å². The van der Waals surface area contributed by atoms with Crippen molar-refractivity contribution >= 4 is 38.9 Å². The normalized spacial score (nSPS) is 17.5. The first kappa shape index (κ1) is 14.4. The summed E-state index contributed by atoms with van der Waals surface area (Å²) < 4.78 is 0.922. The molecule has 0 radical (unpaired) electrons. The smallest absolute Gasteiger partial charge is 0.259 e. The number of hydrogen-bond donors (Lipinski definition) is 0. The maximum Gasteiger partial charge on any atom is 0.259 e. The number of halogens is 1. The quantitative estimate of drug-likeness (QED) is 0.593. The van der Waals surface area contributed by atoms with Gasteiger partial charge >= 0.3 is 0 Å². The first-order chi connectivity index (χ1) is 11.1. The van der Waals surface area contributed by atoms with E-state index in [1.165, 1.54) is 11.6 Å². The molecule has 1 amide bonds. The summed E-state index contributed by atoms with van der Waals surface area (Å²) in [6.07, 6.45) is 3.44. The Labute approximate surface area is 142 Å². The first-order valence-electron chi connectivity index (χ1n) is 7.61. The molecule has 2 aromatic rings. The van der Waals surface area contributed by atoms with Crippen LogP contribution in [-0.4, -0.2) is 18.2 Å². The fourth-order valence-electron chi connectivity index (χ4n) is 3.30. The molecule has 0 bridgehead atoms. The van der Waals surface area contributed by atoms with Crippen LogP contribution in [0.4, 0.5) is 5.69 Å². The molecule has 0 spiro atoms. The van der Waals surface area contributed by atoms with Crippen molar-refractivity contribution < 1.29 is 9.59 Å². The van der Waals surface area contributed by atoms with Gasteiger partial charge in [0.15, 0.2) is 5.78 Å². The van der Waals surface area contributed by atoms with Gasteiger partial charge in [-0.3, -0.25) is 9.59 Å². The van der Waals surface area contributed by atoms with Crippen LogP contribution in [0.1, 0.15) is 27.9 Å². The number of allylic oxidation sites excluding steroid dienone is 1. The summed E-state index contributed by atoms with van der Waals surface area (Å²) in [6, 6.07) is 13.1. The molecule has 0 fully saturated rings. The Morgan fingerprint density at radius 2 is 1.91 bits per heavy atom. The van der Waals surface area contributed by atoms with Crippen molar-refractivity contribution in [1.82, 2.24) is 0 Å². The van der Waals surface area contributed by atoms with E-state index in [9.17, 15) is 9.59 Å². The van der Waals surface area contributed by atoms with Crippen molar-refractivity contribution in [3.8, 4) is 0 Å². The van der Waals surface area contributed by atoms with Crippen LogP contribution in [0.5, 0.6) is 0 Å². The van der Waals surface area contributed by atoms with E-state index in [0.717, 1.165) is 35.1 Å². The number of aryl methyl sites for hydroxylation is 1. The molecule has 3 nitrogen and oxygen atoms in total. The lowest BCUT2D eigenvalue weighted by molar-refractivity contribution is -0.113. The molecule has 2 aromatic carbocycles. The zero-order chi connectivity index (χ0) is 16.0. The molecular formula is C19H14BrNO2. The topological polar surface area (TPSA) is 37.4 Å². The Bertz CT molecular complexity index is 852. The predicted octanol–water partition coefficient (Wildman–Crippen LogP) is 4.01. The molecule has 2 aliphatic rings. The lowest BCUT2D eigenvalue weighted by Crippen LogP contribution is -2.31. The van der Waals surface area contributed by atoms with Crippen molar-refractivity contribution in [2.24, 2.45) is 0 Å². The number of anilines is 1. The first-order valence-corrected chi connectivity index (χ1v) is 8.40. The monoisotopic (exact) mass is 367 g/mol. The maximum absolute atomic E-state index is 12.7. The second-order valence-electron chi connectivity index (χ2n) is 5.80. The van der Waals surface area contributed by atoms with Crippen LogP contribution in [-0.2, 0) is 11.2 Å². The third-order valence-corrected chi connectivity index (χ3v) is 4.92. The van der Waals surface area contributed by atoms with E-state index >= 15 is 0 Å². The van der Waals surface area contributed by atoms with Gasteiger partial charge in [-0.15, -0.1) is 0 Å². The Kier molecular flexibility index (Phi) is 3.42. The van der Waals surface area contributed by atoms with Gasteiger partial charge in [-0.25, -0.2) is 0 Å². The molecule has 2 aliphatic heterocycles. The van der Waals surface area contributed by atoms with Crippen molar-refractivity contribution in [2.75, 3.05) is 11.4 Å². The Morgan fingerprint density at radius 1 is 1.13 bits per heavy atom. The molecule has 4 heteroatoms. The molecule has 0 atom stereocenters. The molecule has 0 aromatic heterocycles. The van der Waals surface area contributed by atoms with Crippen molar-refractivity contribution in [2.45, 2.75) is 12.8 Å². The van der Waals surface area contributed by atoms with Gasteiger partial charge in [0.25, 0.3) is 5.91 Å². The molecular weight excluding hydrogens is 354 g/mol. The lowest BCUT2D eigenvalue weighted by Gasteiger charge is -2.24. The van der Waals surface area contributed by atoms with E-state index < -0.39 is 0 Å². The third-order valence-electron chi connectivity index (χ3n) is 4.39. The number of para-hydroxylation sites is 1. The molecule has 0 unspecified atom stereocenters. The predicted molar refractivity (Wildman–Crippen MR) is 93.6 cm³/mol. The van der Waals surface area contributed by atoms with E-state index in [-0.39, 0.29) is 11.7 Å². The summed E-state index contributed by atoms with van der Waals surface area (Å²) in [4.78, 5) is 27.0. The van der Waals surface area contributed by atoms with Gasteiger partial charge in [0.2, 0.25) is 0 Å². The van der Waals surface area contributed by atoms with Crippen LogP contribution in [0.3, 0.4) is 0 Å². The SMILES string of the molecule is O=C(/C=C1\C(=O)N2CCCc3cccc1c32)c1ccc(Br)cc1. The molecule has 0 aliphatic carbocycles. The van der Waals surface area contributed by atoms with Gasteiger partial charge in [0.05, 0.1) is 11.3 Å². The average molecular weight is 368 g/mol. The van der Waals surface area contributed by atoms with Gasteiger partial charge in [0.1, 0.15) is 0 Å². The Balaban J connectivity index is 1.78. The second kappa shape index (κ2) is 5.46. The summed E-state index contributed by atoms with van der Waals surface area (Å²) >= 11 is 3.36. The molecule has 2 heterocycles. The van der Waals surface area contributed by atoms with Crippen LogP contribution < -0.4 is 4.90 Å². The summed E-state index contributed by atoms with van der Waals surface area (Å²) in [5, 5.41) is 0. The van der Waals surface area contributed by atoms with Gasteiger partial charge in [0, 0.05) is 22.1 Å². The number of rotatable bonds is 2. The highest BCUT2D eigenvalue weighted by atomic mass is 79.9. The fourth-order valence-corrected chi connectivity index (χ4v) is 3.56. The second-order valence-corrected chi connectivity index (χ2v) is 6.72. The standard InChI is InChI=1S/C19H14BrNO2/c20-14-8-6-12(7-9-14)17(22)11-16-15-5-1-3-13-4-2-10-21(18(13)15)19(16)23/h1,3,5-9,11H,2,4,10H2/b16-11-. The van der Waals surface area contributed by atoms with Crippen LogP contribution in [0.25, 0.3) is 5.57 Å². The highest BCUT2D eigenvalue weighted by Crippen LogP contribution is 2.42. The Hall–Kier alpha value is -2.20. The lowest BCUT2D eigenvalue weighted by atomic mass is 9.98. The van der Waals surface area contributed by atoms with Gasteiger partial charge in [-0.1, -0.05) is 34.1 Å². The van der Waals surface area contributed by atoms with Gasteiger partial charge in [-0.2, -0.15) is 0 Å². The minimum absolute atomic E-state index is 0.0578. The van der Waals surface area contributed by atoms with Crippen LogP contribution >= 0.6 is 15.9 Å². The van der Waals surface area contributed by atoms with Crippen molar-refractivity contribution in [3.05, 3.63) is 69.7 Å². The Morgan fingerprint density at radius 3 is 2.70 bits per heavy atom. The number of amides is 1. The summed E-state index contributed by atoms with van der Waals surface area (Å²) in [5.41, 5.74) is 4.18. The molecule has 0 saturated heterocycles. The number of hydrogen-bond acceptors (Lipinski definition) is 2. The summed E-state index contributed by atoms with van der Waals surface area (Å²) in [5.74, 6) is -0.198. The van der Waals surface area contributed by atoms with Crippen LogP contribution in [0.2, 0.25) is 0 Å². The van der Waals surface area contributed by atoms with Gasteiger partial charge in [-0.05, 0) is 48.7 Å². The minimum atomic E-state index is -0.140. The summed E-state index contributed by atoms with van der Waals surface area (Å²) in [6.45, 7) is 0.729. The van der Waals surface area contributed by atoms with Crippen molar-refractivity contribution in [3.63, 3.8) is 0 Å². The number of ketones is 1. The number of carbonyl (C=O) groups is 2. The van der Waals surface area contributed by atoms with Crippen LogP contribution in [0, 0.1) is 0 Å². The molecule has 4 rings (SSSR count).